The van der Waals surface area contributed by atoms with Gasteiger partial charge in [-0.2, -0.15) is 5.10 Å². The van der Waals surface area contributed by atoms with Gasteiger partial charge in [0.05, 0.1) is 33.1 Å². The van der Waals surface area contributed by atoms with Crippen LogP contribution in [0.2, 0.25) is 0 Å². The lowest BCUT2D eigenvalue weighted by atomic mass is 10.0. The first-order chi connectivity index (χ1) is 16.2. The maximum atomic E-state index is 5.45. The van der Waals surface area contributed by atoms with Crippen LogP contribution in [0, 0.1) is 0 Å². The summed E-state index contributed by atoms with van der Waals surface area (Å²) in [6, 6.07) is 23.2. The van der Waals surface area contributed by atoms with Gasteiger partial charge in [-0.15, -0.1) is 10.2 Å². The van der Waals surface area contributed by atoms with Crippen LogP contribution in [-0.4, -0.2) is 42.7 Å². The fourth-order valence-electron chi connectivity index (χ4n) is 3.28. The Labute approximate surface area is 191 Å². The summed E-state index contributed by atoms with van der Waals surface area (Å²) < 4.78 is 16.2. The van der Waals surface area contributed by atoms with Gasteiger partial charge < -0.3 is 14.2 Å². The molecule has 1 N–H and O–H groups in total. The van der Waals surface area contributed by atoms with Gasteiger partial charge in [0.1, 0.15) is 28.6 Å². The molecule has 1 heterocycles. The van der Waals surface area contributed by atoms with Gasteiger partial charge in [0.2, 0.25) is 0 Å². The molecule has 0 radical (unpaired) electrons. The van der Waals surface area contributed by atoms with Gasteiger partial charge in [-0.05, 0) is 0 Å². The number of aromatic nitrogens is 3. The van der Waals surface area contributed by atoms with Gasteiger partial charge in [-0.25, -0.2) is 10.4 Å². The second-order valence-corrected chi connectivity index (χ2v) is 6.88. The summed E-state index contributed by atoms with van der Waals surface area (Å²) in [5.74, 6) is 1.99. The molecule has 3 aromatic carbocycles. The van der Waals surface area contributed by atoms with Crippen molar-refractivity contribution in [1.29, 1.82) is 0 Å². The van der Waals surface area contributed by atoms with E-state index in [9.17, 15) is 0 Å². The summed E-state index contributed by atoms with van der Waals surface area (Å²) >= 11 is 0. The molecule has 166 valence electrons. The molecule has 0 bridgehead atoms. The highest BCUT2D eigenvalue weighted by molar-refractivity contribution is 5.88. The lowest BCUT2D eigenvalue weighted by molar-refractivity contribution is 0.374. The second kappa shape index (κ2) is 10.2. The van der Waals surface area contributed by atoms with Gasteiger partial charge in [-0.3, -0.25) is 0 Å². The SMILES string of the molecule is COc1cc(OC)c(C=NNc2nnc(-c3ccccc3)c(-c3ccccc3)n2)c(OC)c1. The van der Waals surface area contributed by atoms with Gasteiger partial charge >= 0.3 is 0 Å². The van der Waals surface area contributed by atoms with Gasteiger partial charge in [0.15, 0.2) is 0 Å². The number of methoxy groups -OCH3 is 3. The summed E-state index contributed by atoms with van der Waals surface area (Å²) in [4.78, 5) is 4.68. The molecule has 0 atom stereocenters. The number of hydrazone groups is 1. The van der Waals surface area contributed by atoms with Gasteiger partial charge in [0.25, 0.3) is 5.95 Å². The molecule has 0 unspecified atom stereocenters. The third kappa shape index (κ3) is 4.90. The van der Waals surface area contributed by atoms with E-state index >= 15 is 0 Å². The molecule has 0 amide bonds. The predicted octanol–water partition coefficient (Wildman–Crippen LogP) is 4.68. The highest BCUT2D eigenvalue weighted by atomic mass is 16.5. The first-order valence-electron chi connectivity index (χ1n) is 10.2. The summed E-state index contributed by atoms with van der Waals surface area (Å²) in [5.41, 5.74) is 6.75. The molecule has 0 aliphatic heterocycles. The number of benzene rings is 3. The Bertz CT molecular complexity index is 1220. The van der Waals surface area contributed by atoms with Crippen LogP contribution in [0.3, 0.4) is 0 Å². The summed E-state index contributed by atoms with van der Waals surface area (Å²) in [6.45, 7) is 0. The first-order valence-corrected chi connectivity index (χ1v) is 10.2. The van der Waals surface area contributed by atoms with Crippen LogP contribution in [0.15, 0.2) is 77.9 Å². The van der Waals surface area contributed by atoms with Crippen molar-refractivity contribution in [3.63, 3.8) is 0 Å². The Morgan fingerprint density at radius 3 is 1.85 bits per heavy atom. The Morgan fingerprint density at radius 2 is 1.30 bits per heavy atom. The molecular formula is C25H23N5O3. The topological polar surface area (TPSA) is 90.8 Å². The van der Waals surface area contributed by atoms with E-state index in [1.165, 1.54) is 0 Å². The van der Waals surface area contributed by atoms with E-state index in [1.54, 1.807) is 39.7 Å². The van der Waals surface area contributed by atoms with E-state index in [0.717, 1.165) is 11.1 Å². The Hall–Kier alpha value is -4.46. The zero-order valence-electron chi connectivity index (χ0n) is 18.5. The molecular weight excluding hydrogens is 418 g/mol. The molecule has 0 saturated heterocycles. The van der Waals surface area contributed by atoms with Crippen molar-refractivity contribution in [3.8, 4) is 39.8 Å². The maximum absolute atomic E-state index is 5.45. The molecule has 0 aliphatic rings. The number of hydrogen-bond acceptors (Lipinski definition) is 8. The quantitative estimate of drug-likeness (QED) is 0.314. The van der Waals surface area contributed by atoms with Crippen LogP contribution in [0.5, 0.6) is 17.2 Å². The highest BCUT2D eigenvalue weighted by Crippen LogP contribution is 2.33. The molecule has 8 nitrogen and oxygen atoms in total. The highest BCUT2D eigenvalue weighted by Gasteiger charge is 2.14. The monoisotopic (exact) mass is 441 g/mol. The maximum Gasteiger partial charge on any atom is 0.263 e. The Kier molecular flexibility index (Phi) is 6.75. The smallest absolute Gasteiger partial charge is 0.263 e. The van der Waals surface area contributed by atoms with Crippen molar-refractivity contribution >= 4 is 12.2 Å². The fraction of sp³-hybridized carbons (Fsp3) is 0.120. The van der Waals surface area contributed by atoms with Crippen molar-refractivity contribution < 1.29 is 14.2 Å². The minimum atomic E-state index is 0.260. The number of ether oxygens (including phenoxy) is 3. The van der Waals surface area contributed by atoms with Gasteiger partial charge in [0, 0.05) is 23.3 Å². The van der Waals surface area contributed by atoms with E-state index in [-0.39, 0.29) is 5.95 Å². The average Bonchev–Trinajstić information content (AvgIpc) is 2.89. The lowest BCUT2D eigenvalue weighted by Gasteiger charge is -2.12. The van der Waals surface area contributed by atoms with E-state index in [1.807, 2.05) is 60.7 Å². The third-order valence-corrected chi connectivity index (χ3v) is 4.89. The van der Waals surface area contributed by atoms with E-state index in [0.29, 0.717) is 34.2 Å². The number of nitrogens with zero attached hydrogens (tertiary/aromatic N) is 4. The molecule has 1 aromatic heterocycles. The van der Waals surface area contributed by atoms with Crippen LogP contribution in [0.1, 0.15) is 5.56 Å². The normalized spacial score (nSPS) is 10.8. The van der Waals surface area contributed by atoms with Crippen molar-refractivity contribution in [2.24, 2.45) is 5.10 Å². The summed E-state index contributed by atoms with van der Waals surface area (Å²) in [6.07, 6.45) is 1.58. The number of hydrogen-bond donors (Lipinski definition) is 1. The zero-order chi connectivity index (χ0) is 23.0. The van der Waals surface area contributed by atoms with Crippen LogP contribution < -0.4 is 19.6 Å². The molecule has 0 aliphatic carbocycles. The average molecular weight is 441 g/mol. The lowest BCUT2D eigenvalue weighted by Crippen LogP contribution is -2.04. The Morgan fingerprint density at radius 1 is 0.727 bits per heavy atom. The Balaban J connectivity index is 1.67. The largest absolute Gasteiger partial charge is 0.496 e. The van der Waals surface area contributed by atoms with Crippen LogP contribution in [-0.2, 0) is 0 Å². The number of anilines is 1. The second-order valence-electron chi connectivity index (χ2n) is 6.88. The van der Waals surface area contributed by atoms with E-state index in [2.05, 4.69) is 25.7 Å². The molecule has 33 heavy (non-hydrogen) atoms. The van der Waals surface area contributed by atoms with Crippen LogP contribution >= 0.6 is 0 Å². The fourth-order valence-corrected chi connectivity index (χ4v) is 3.28. The van der Waals surface area contributed by atoms with Crippen LogP contribution in [0.25, 0.3) is 22.5 Å². The summed E-state index contributed by atoms with van der Waals surface area (Å²) in [7, 11) is 4.72. The third-order valence-electron chi connectivity index (χ3n) is 4.89. The molecule has 8 heteroatoms. The van der Waals surface area contributed by atoms with E-state index < -0.39 is 0 Å². The minimum Gasteiger partial charge on any atom is -0.496 e. The molecule has 0 spiro atoms. The molecule has 0 saturated carbocycles. The van der Waals surface area contributed by atoms with E-state index in [4.69, 9.17) is 14.2 Å². The summed E-state index contributed by atoms with van der Waals surface area (Å²) in [5, 5.41) is 12.9. The number of nitrogens with one attached hydrogen (secondary N) is 1. The molecule has 0 fully saturated rings. The molecule has 4 aromatic rings. The number of rotatable bonds is 8. The zero-order valence-corrected chi connectivity index (χ0v) is 18.5. The van der Waals surface area contributed by atoms with Crippen molar-refractivity contribution in [1.82, 2.24) is 15.2 Å². The van der Waals surface area contributed by atoms with Crippen molar-refractivity contribution in [2.75, 3.05) is 26.8 Å². The first kappa shape index (κ1) is 21.8. The van der Waals surface area contributed by atoms with Gasteiger partial charge in [-0.1, -0.05) is 60.7 Å². The predicted molar refractivity (Wildman–Crippen MR) is 128 cm³/mol. The molecule has 4 rings (SSSR count). The standard InChI is InChI=1S/C25H23N5O3/c1-31-19-14-21(32-2)20(22(15-19)33-3)16-26-29-25-27-23(17-10-6-4-7-11-17)24(28-30-25)18-12-8-5-9-13-18/h4-16H,1-3H3,(H,27,29,30). The van der Waals surface area contributed by atoms with Crippen molar-refractivity contribution in [2.45, 2.75) is 0 Å². The minimum absolute atomic E-state index is 0.260. The van der Waals surface area contributed by atoms with Crippen LogP contribution in [0.4, 0.5) is 5.95 Å². The van der Waals surface area contributed by atoms with Crippen molar-refractivity contribution in [3.05, 3.63) is 78.4 Å².